The third-order valence-corrected chi connectivity index (χ3v) is 4.66. The molecule has 3 rings (SSSR count). The largest absolute Gasteiger partial charge is 0.437 e. The van der Waals surface area contributed by atoms with Gasteiger partial charge in [0.15, 0.2) is 5.03 Å². The molecule has 1 amide bonds. The number of benzene rings is 2. The monoisotopic (exact) mass is 419 g/mol. The van der Waals surface area contributed by atoms with E-state index in [1.807, 2.05) is 18.2 Å². The van der Waals surface area contributed by atoms with Crippen molar-refractivity contribution < 1.29 is 22.7 Å². The molecule has 2 aromatic carbocycles. The number of nitrogens with zero attached hydrogens (tertiary/aromatic N) is 2. The molecular weight excluding hydrogens is 403 g/mol. The summed E-state index contributed by atoms with van der Waals surface area (Å²) in [5, 5.41) is 3.13. The van der Waals surface area contributed by atoms with Crippen LogP contribution < -0.4 is 10.1 Å². The number of para-hydroxylation sites is 1. The number of halogens is 3. The van der Waals surface area contributed by atoms with Gasteiger partial charge in [0.25, 0.3) is 5.88 Å². The molecule has 3 aromatic rings. The summed E-state index contributed by atoms with van der Waals surface area (Å²) in [6.45, 7) is 0.130. The summed E-state index contributed by atoms with van der Waals surface area (Å²) in [5.74, 6) is 0.664. The molecule has 0 saturated carbocycles. The molecule has 0 unspecified atom stereocenters. The number of ether oxygens (including phenoxy) is 1. The zero-order chi connectivity index (χ0) is 20.7. The Morgan fingerprint density at radius 2 is 1.69 bits per heavy atom. The van der Waals surface area contributed by atoms with Gasteiger partial charge in [0.2, 0.25) is 5.91 Å². The van der Waals surface area contributed by atoms with Crippen molar-refractivity contribution in [2.45, 2.75) is 17.7 Å². The zero-order valence-electron chi connectivity index (χ0n) is 15.0. The highest BCUT2D eigenvalue weighted by Gasteiger charge is 2.29. The van der Waals surface area contributed by atoms with Crippen molar-refractivity contribution in [2.75, 3.05) is 5.75 Å². The SMILES string of the molecule is O=C(CSc1nccnc1Oc1ccccc1)NCc1ccc(C(F)(F)F)cc1. The smallest absolute Gasteiger partial charge is 0.416 e. The number of thioether (sulfide) groups is 1. The third-order valence-electron chi connectivity index (χ3n) is 3.70. The number of aromatic nitrogens is 2. The fourth-order valence-corrected chi connectivity index (χ4v) is 3.00. The molecule has 0 saturated heterocycles. The van der Waals surface area contributed by atoms with Crippen LogP contribution in [-0.2, 0) is 17.5 Å². The Bertz CT molecular complexity index is 951. The number of rotatable bonds is 7. The molecule has 0 aliphatic heterocycles. The van der Waals surface area contributed by atoms with E-state index in [4.69, 9.17) is 4.74 Å². The van der Waals surface area contributed by atoms with Crippen LogP contribution in [0.15, 0.2) is 72.0 Å². The minimum atomic E-state index is -4.38. The second-order valence-electron chi connectivity index (χ2n) is 5.84. The van der Waals surface area contributed by atoms with Crippen LogP contribution in [0.3, 0.4) is 0 Å². The fraction of sp³-hybridized carbons (Fsp3) is 0.150. The summed E-state index contributed by atoms with van der Waals surface area (Å²) in [7, 11) is 0. The summed E-state index contributed by atoms with van der Waals surface area (Å²) in [6, 6.07) is 13.7. The standard InChI is InChI=1S/C20H16F3N3O2S/c21-20(22,23)15-8-6-14(7-9-15)12-26-17(27)13-29-19-18(24-10-11-25-19)28-16-4-2-1-3-5-16/h1-11H,12-13H2,(H,26,27). The summed E-state index contributed by atoms with van der Waals surface area (Å²) in [6.07, 6.45) is -1.39. The molecule has 0 atom stereocenters. The minimum Gasteiger partial charge on any atom is -0.437 e. The fourth-order valence-electron chi connectivity index (χ4n) is 2.28. The number of nitrogens with one attached hydrogen (secondary N) is 1. The molecule has 0 spiro atoms. The summed E-state index contributed by atoms with van der Waals surface area (Å²) in [4.78, 5) is 20.4. The highest BCUT2D eigenvalue weighted by atomic mass is 32.2. The van der Waals surface area contributed by atoms with Gasteiger partial charge in [-0.15, -0.1) is 0 Å². The Kier molecular flexibility index (Phi) is 6.71. The van der Waals surface area contributed by atoms with Crippen molar-refractivity contribution >= 4 is 17.7 Å². The van der Waals surface area contributed by atoms with E-state index in [0.29, 0.717) is 22.2 Å². The molecule has 5 nitrogen and oxygen atoms in total. The molecule has 1 heterocycles. The quantitative estimate of drug-likeness (QED) is 0.563. The van der Waals surface area contributed by atoms with E-state index in [2.05, 4.69) is 15.3 Å². The lowest BCUT2D eigenvalue weighted by molar-refractivity contribution is -0.137. The van der Waals surface area contributed by atoms with Gasteiger partial charge >= 0.3 is 6.18 Å². The van der Waals surface area contributed by atoms with Crippen molar-refractivity contribution in [1.82, 2.24) is 15.3 Å². The van der Waals surface area contributed by atoms with Crippen LogP contribution in [0.5, 0.6) is 11.6 Å². The minimum absolute atomic E-state index is 0.0600. The van der Waals surface area contributed by atoms with Crippen LogP contribution in [0.4, 0.5) is 13.2 Å². The Morgan fingerprint density at radius 3 is 2.38 bits per heavy atom. The Hall–Kier alpha value is -3.07. The van der Waals surface area contributed by atoms with Gasteiger partial charge in [0, 0.05) is 18.9 Å². The van der Waals surface area contributed by atoms with Gasteiger partial charge in [0.1, 0.15) is 5.75 Å². The van der Waals surface area contributed by atoms with E-state index in [0.717, 1.165) is 23.9 Å². The molecule has 0 radical (unpaired) electrons. The second kappa shape index (κ2) is 9.42. The summed E-state index contributed by atoms with van der Waals surface area (Å²) >= 11 is 1.16. The Labute approximate surface area is 169 Å². The molecule has 0 aliphatic carbocycles. The van der Waals surface area contributed by atoms with Crippen LogP contribution in [0.2, 0.25) is 0 Å². The Morgan fingerprint density at radius 1 is 1.00 bits per heavy atom. The first-order chi connectivity index (χ1) is 13.9. The Balaban J connectivity index is 1.52. The molecule has 0 fully saturated rings. The predicted molar refractivity (Wildman–Crippen MR) is 103 cm³/mol. The van der Waals surface area contributed by atoms with Crippen molar-refractivity contribution in [3.63, 3.8) is 0 Å². The first-order valence-corrected chi connectivity index (χ1v) is 9.50. The van der Waals surface area contributed by atoms with Crippen LogP contribution in [0, 0.1) is 0 Å². The summed E-state index contributed by atoms with van der Waals surface area (Å²) in [5.41, 5.74) is -0.152. The average molecular weight is 419 g/mol. The van der Waals surface area contributed by atoms with Crippen LogP contribution >= 0.6 is 11.8 Å². The molecule has 150 valence electrons. The maximum Gasteiger partial charge on any atom is 0.416 e. The van der Waals surface area contributed by atoms with Crippen LogP contribution in [0.1, 0.15) is 11.1 Å². The predicted octanol–water partition coefficient (Wildman–Crippen LogP) is 4.70. The van der Waals surface area contributed by atoms with E-state index < -0.39 is 11.7 Å². The molecule has 1 aromatic heterocycles. The lowest BCUT2D eigenvalue weighted by atomic mass is 10.1. The third kappa shape index (κ3) is 6.21. The van der Waals surface area contributed by atoms with Gasteiger partial charge in [-0.2, -0.15) is 13.2 Å². The lowest BCUT2D eigenvalue weighted by Gasteiger charge is -2.10. The van der Waals surface area contributed by atoms with Gasteiger partial charge < -0.3 is 10.1 Å². The molecular formula is C20H16F3N3O2S. The second-order valence-corrected chi connectivity index (χ2v) is 6.81. The van der Waals surface area contributed by atoms with E-state index >= 15 is 0 Å². The van der Waals surface area contributed by atoms with E-state index in [1.54, 1.807) is 12.1 Å². The van der Waals surface area contributed by atoms with E-state index in [9.17, 15) is 18.0 Å². The van der Waals surface area contributed by atoms with Crippen molar-refractivity contribution in [1.29, 1.82) is 0 Å². The number of amides is 1. The first kappa shape index (κ1) is 20.7. The first-order valence-electron chi connectivity index (χ1n) is 8.51. The van der Waals surface area contributed by atoms with Gasteiger partial charge in [0.05, 0.1) is 11.3 Å². The van der Waals surface area contributed by atoms with Crippen molar-refractivity contribution in [3.05, 3.63) is 78.1 Å². The maximum atomic E-state index is 12.6. The zero-order valence-corrected chi connectivity index (χ0v) is 15.8. The molecule has 29 heavy (non-hydrogen) atoms. The number of alkyl halides is 3. The molecule has 1 N–H and O–H groups in total. The number of hydrogen-bond acceptors (Lipinski definition) is 5. The highest BCUT2D eigenvalue weighted by molar-refractivity contribution is 8.00. The normalized spacial score (nSPS) is 11.1. The lowest BCUT2D eigenvalue weighted by Crippen LogP contribution is -2.24. The number of carbonyl (C=O) groups is 1. The highest BCUT2D eigenvalue weighted by Crippen LogP contribution is 2.29. The van der Waals surface area contributed by atoms with Gasteiger partial charge in [-0.25, -0.2) is 9.97 Å². The van der Waals surface area contributed by atoms with Crippen molar-refractivity contribution in [3.8, 4) is 11.6 Å². The summed E-state index contributed by atoms with van der Waals surface area (Å²) < 4.78 is 43.4. The van der Waals surface area contributed by atoms with E-state index in [1.165, 1.54) is 24.5 Å². The van der Waals surface area contributed by atoms with Crippen LogP contribution in [-0.4, -0.2) is 21.6 Å². The van der Waals surface area contributed by atoms with Gasteiger partial charge in [-0.3, -0.25) is 4.79 Å². The molecule has 0 bridgehead atoms. The average Bonchev–Trinajstić information content (AvgIpc) is 2.72. The van der Waals surface area contributed by atoms with Gasteiger partial charge in [-0.1, -0.05) is 42.1 Å². The van der Waals surface area contributed by atoms with Crippen molar-refractivity contribution in [2.24, 2.45) is 0 Å². The van der Waals surface area contributed by atoms with Gasteiger partial charge in [-0.05, 0) is 29.8 Å². The topological polar surface area (TPSA) is 64.1 Å². The van der Waals surface area contributed by atoms with E-state index in [-0.39, 0.29) is 18.2 Å². The molecule has 0 aliphatic rings. The number of hydrogen-bond donors (Lipinski definition) is 1. The van der Waals surface area contributed by atoms with Crippen LogP contribution in [0.25, 0.3) is 0 Å². The molecule has 9 heteroatoms. The maximum absolute atomic E-state index is 12.6. The number of carbonyl (C=O) groups excluding carboxylic acids is 1.